The molecule has 0 saturated heterocycles. The zero-order chi connectivity index (χ0) is 23.1. The van der Waals surface area contributed by atoms with Crippen molar-refractivity contribution in [2.45, 2.75) is 6.04 Å². The molecule has 1 aliphatic heterocycles. The first-order valence-corrected chi connectivity index (χ1v) is 11.0. The van der Waals surface area contributed by atoms with Crippen LogP contribution in [0.3, 0.4) is 0 Å². The van der Waals surface area contributed by atoms with Gasteiger partial charge in [-0.2, -0.15) is 0 Å². The molecule has 5 nitrogen and oxygen atoms in total. The Labute approximate surface area is 196 Å². The number of anilines is 1. The number of halogens is 2. The van der Waals surface area contributed by atoms with Gasteiger partial charge in [0.2, 0.25) is 5.76 Å². The molecule has 0 aliphatic carbocycles. The largest absolute Gasteiger partial charge is 0.490 e. The van der Waals surface area contributed by atoms with E-state index in [1.165, 1.54) is 17.0 Å². The van der Waals surface area contributed by atoms with Crippen molar-refractivity contribution in [3.8, 4) is 5.75 Å². The molecule has 164 valence electrons. The molecule has 0 spiro atoms. The average molecular weight is 506 g/mol. The monoisotopic (exact) mass is 505 g/mol. The van der Waals surface area contributed by atoms with Gasteiger partial charge in [0.15, 0.2) is 5.43 Å². The van der Waals surface area contributed by atoms with Gasteiger partial charge in [0.05, 0.1) is 17.0 Å². The molecule has 0 fully saturated rings. The van der Waals surface area contributed by atoms with Crippen LogP contribution in [0.2, 0.25) is 0 Å². The summed E-state index contributed by atoms with van der Waals surface area (Å²) in [5, 5.41) is 0.0913. The summed E-state index contributed by atoms with van der Waals surface area (Å²) in [7, 11) is 0. The number of benzene rings is 3. The van der Waals surface area contributed by atoms with Gasteiger partial charge in [-0.15, -0.1) is 0 Å². The van der Waals surface area contributed by atoms with Gasteiger partial charge >= 0.3 is 0 Å². The summed E-state index contributed by atoms with van der Waals surface area (Å²) in [5.41, 5.74) is 1.19. The smallest absolute Gasteiger partial charge is 0.295 e. The van der Waals surface area contributed by atoms with Crippen LogP contribution in [0.5, 0.6) is 5.75 Å². The Bertz CT molecular complexity index is 1460. The maximum Gasteiger partial charge on any atom is 0.295 e. The first-order valence-electron chi connectivity index (χ1n) is 10.2. The standard InChI is InChI=1S/C26H17BrFNO4/c1-2-12-32-19-9-6-15(7-10-19)23-22-24(30)20-14-17(28)8-11-21(20)33-25(22)26(31)29(23)18-5-3-4-16(27)13-18/h2-11,13-14,23H,1,12H2. The molecular formula is C26H17BrFNO4. The predicted molar refractivity (Wildman–Crippen MR) is 127 cm³/mol. The van der Waals surface area contributed by atoms with E-state index in [4.69, 9.17) is 9.15 Å². The number of hydrogen-bond donors (Lipinski definition) is 0. The van der Waals surface area contributed by atoms with Crippen LogP contribution in [-0.4, -0.2) is 12.5 Å². The third-order valence-corrected chi connectivity index (χ3v) is 5.98. The van der Waals surface area contributed by atoms with E-state index in [-0.39, 0.29) is 22.3 Å². The first-order chi connectivity index (χ1) is 16.0. The van der Waals surface area contributed by atoms with E-state index < -0.39 is 23.2 Å². The number of fused-ring (bicyclic) bond motifs is 2. The normalized spacial score (nSPS) is 15.0. The van der Waals surface area contributed by atoms with Crippen LogP contribution in [0.15, 0.2) is 93.1 Å². The van der Waals surface area contributed by atoms with E-state index in [1.807, 2.05) is 6.07 Å². The molecule has 1 aliphatic rings. The zero-order valence-electron chi connectivity index (χ0n) is 17.3. The maximum atomic E-state index is 13.9. The second kappa shape index (κ2) is 8.33. The fourth-order valence-corrected chi connectivity index (χ4v) is 4.44. The molecule has 1 unspecified atom stereocenters. The van der Waals surface area contributed by atoms with Crippen molar-refractivity contribution < 1.29 is 18.3 Å². The minimum Gasteiger partial charge on any atom is -0.490 e. The highest BCUT2D eigenvalue weighted by Gasteiger charge is 2.43. The number of nitrogens with zero attached hydrogens (tertiary/aromatic N) is 1. The highest BCUT2D eigenvalue weighted by atomic mass is 79.9. The van der Waals surface area contributed by atoms with Crippen molar-refractivity contribution in [1.29, 1.82) is 0 Å². The van der Waals surface area contributed by atoms with Crippen molar-refractivity contribution in [2.24, 2.45) is 0 Å². The quantitative estimate of drug-likeness (QED) is 0.311. The minimum absolute atomic E-state index is 0.0453. The van der Waals surface area contributed by atoms with Gasteiger partial charge in [-0.3, -0.25) is 14.5 Å². The third kappa shape index (κ3) is 3.64. The van der Waals surface area contributed by atoms with E-state index in [0.717, 1.165) is 10.5 Å². The number of hydrogen-bond acceptors (Lipinski definition) is 4. The molecule has 1 amide bonds. The average Bonchev–Trinajstić information content (AvgIpc) is 3.11. The first kappa shape index (κ1) is 21.2. The molecule has 7 heteroatoms. The summed E-state index contributed by atoms with van der Waals surface area (Å²) in [6.45, 7) is 3.99. The molecule has 3 aromatic carbocycles. The van der Waals surface area contributed by atoms with Gasteiger partial charge in [-0.05, 0) is 54.1 Å². The molecule has 5 rings (SSSR count). The summed E-state index contributed by atoms with van der Waals surface area (Å²) in [5.74, 6) is -0.410. The number of amides is 1. The van der Waals surface area contributed by atoms with Gasteiger partial charge in [0.25, 0.3) is 5.91 Å². The molecule has 0 bridgehead atoms. The van der Waals surface area contributed by atoms with Gasteiger partial charge in [-0.1, -0.05) is 46.8 Å². The lowest BCUT2D eigenvalue weighted by molar-refractivity contribution is 0.0971. The van der Waals surface area contributed by atoms with Gasteiger partial charge in [0, 0.05) is 10.2 Å². The molecule has 1 aromatic heterocycles. The van der Waals surface area contributed by atoms with Crippen LogP contribution in [0, 0.1) is 5.82 Å². The molecule has 0 radical (unpaired) electrons. The fourth-order valence-electron chi connectivity index (χ4n) is 4.05. The van der Waals surface area contributed by atoms with Crippen LogP contribution < -0.4 is 15.1 Å². The van der Waals surface area contributed by atoms with E-state index in [0.29, 0.717) is 23.6 Å². The zero-order valence-corrected chi connectivity index (χ0v) is 18.8. The number of carbonyl (C=O) groups excluding carboxylic acids is 1. The molecule has 0 saturated carbocycles. The minimum atomic E-state index is -0.751. The van der Waals surface area contributed by atoms with Gasteiger partial charge in [0.1, 0.15) is 23.8 Å². The summed E-state index contributed by atoms with van der Waals surface area (Å²) < 4.78 is 26.1. The summed E-state index contributed by atoms with van der Waals surface area (Å²) in [4.78, 5) is 28.6. The molecular weight excluding hydrogens is 489 g/mol. The highest BCUT2D eigenvalue weighted by molar-refractivity contribution is 9.10. The number of rotatable bonds is 5. The van der Waals surface area contributed by atoms with Crippen molar-refractivity contribution in [2.75, 3.05) is 11.5 Å². The molecule has 33 heavy (non-hydrogen) atoms. The van der Waals surface area contributed by atoms with Crippen molar-refractivity contribution in [1.82, 2.24) is 0 Å². The lowest BCUT2D eigenvalue weighted by Gasteiger charge is -2.25. The van der Waals surface area contributed by atoms with E-state index in [9.17, 15) is 14.0 Å². The summed E-state index contributed by atoms with van der Waals surface area (Å²) >= 11 is 3.44. The number of carbonyl (C=O) groups is 1. The Morgan fingerprint density at radius 2 is 1.88 bits per heavy atom. The Morgan fingerprint density at radius 1 is 1.09 bits per heavy atom. The molecule has 1 atom stereocenters. The van der Waals surface area contributed by atoms with E-state index in [1.54, 1.807) is 48.5 Å². The van der Waals surface area contributed by atoms with Crippen LogP contribution in [0.4, 0.5) is 10.1 Å². The lowest BCUT2D eigenvalue weighted by atomic mass is 9.98. The summed E-state index contributed by atoms with van der Waals surface area (Å²) in [6, 6.07) is 17.3. The van der Waals surface area contributed by atoms with Gasteiger partial charge in [-0.25, -0.2) is 4.39 Å². The van der Waals surface area contributed by atoms with E-state index in [2.05, 4.69) is 22.5 Å². The maximum absolute atomic E-state index is 13.9. The predicted octanol–water partition coefficient (Wildman–Crippen LogP) is 6.01. The van der Waals surface area contributed by atoms with Crippen molar-refractivity contribution in [3.05, 3.63) is 117 Å². The second-order valence-electron chi connectivity index (χ2n) is 7.54. The second-order valence-corrected chi connectivity index (χ2v) is 8.46. The Hall–Kier alpha value is -3.71. The third-order valence-electron chi connectivity index (χ3n) is 5.48. The Balaban J connectivity index is 1.73. The Morgan fingerprint density at radius 3 is 2.61 bits per heavy atom. The van der Waals surface area contributed by atoms with Crippen LogP contribution in [0.1, 0.15) is 27.7 Å². The molecule has 4 aromatic rings. The Kier molecular flexibility index (Phi) is 5.34. The van der Waals surface area contributed by atoms with Crippen LogP contribution in [0.25, 0.3) is 11.0 Å². The molecule has 0 N–H and O–H groups in total. The fraction of sp³-hybridized carbons (Fsp3) is 0.0769. The lowest BCUT2D eigenvalue weighted by Crippen LogP contribution is -2.29. The topological polar surface area (TPSA) is 59.8 Å². The highest BCUT2D eigenvalue weighted by Crippen LogP contribution is 2.42. The van der Waals surface area contributed by atoms with Crippen molar-refractivity contribution in [3.63, 3.8) is 0 Å². The number of ether oxygens (including phenoxy) is 1. The van der Waals surface area contributed by atoms with Crippen molar-refractivity contribution >= 4 is 38.5 Å². The van der Waals surface area contributed by atoms with E-state index >= 15 is 0 Å². The summed E-state index contributed by atoms with van der Waals surface area (Å²) in [6.07, 6.45) is 1.64. The van der Waals surface area contributed by atoms with Gasteiger partial charge < -0.3 is 9.15 Å². The SMILES string of the molecule is C=CCOc1ccc(C2c3c(oc4ccc(F)cc4c3=O)C(=O)N2c2cccc(Br)c2)cc1. The molecule has 2 heterocycles. The van der Waals surface area contributed by atoms with Crippen LogP contribution in [-0.2, 0) is 0 Å². The van der Waals surface area contributed by atoms with Crippen LogP contribution >= 0.6 is 15.9 Å².